The maximum absolute atomic E-state index is 12.9. The molecule has 0 saturated carbocycles. The summed E-state index contributed by atoms with van der Waals surface area (Å²) in [5.74, 6) is -7.46. The van der Waals surface area contributed by atoms with Crippen molar-refractivity contribution >= 4 is 18.3 Å². The molecule has 0 aliphatic carbocycles. The molecule has 1 rings (SSSR count). The van der Waals surface area contributed by atoms with Crippen LogP contribution in [0.4, 0.5) is 27.7 Å². The first-order chi connectivity index (χ1) is 6.54. The van der Waals surface area contributed by atoms with Gasteiger partial charge in [-0.1, -0.05) is 0 Å². The minimum Gasteiger partial charge on any atom is -0.218 e. The Bertz CT molecular complexity index is 304. The average molecular weight is 229 g/mol. The molecule has 0 saturated heterocycles. The SMILES string of the molecule is FNc1c(F)c(F)c(CS)c(F)c1F. The molecule has 0 aliphatic rings. The summed E-state index contributed by atoms with van der Waals surface area (Å²) < 4.78 is 63.0. The molecule has 0 unspecified atom stereocenters. The van der Waals surface area contributed by atoms with Gasteiger partial charge in [0.2, 0.25) is 0 Å². The van der Waals surface area contributed by atoms with E-state index >= 15 is 0 Å². The maximum atomic E-state index is 12.9. The number of benzene rings is 1. The second kappa shape index (κ2) is 4.04. The number of hydrogen-bond donors (Lipinski definition) is 2. The van der Waals surface area contributed by atoms with Crippen molar-refractivity contribution in [2.24, 2.45) is 0 Å². The molecule has 78 valence electrons. The van der Waals surface area contributed by atoms with E-state index in [9.17, 15) is 22.0 Å². The van der Waals surface area contributed by atoms with Crippen molar-refractivity contribution in [1.29, 1.82) is 0 Å². The highest BCUT2D eigenvalue weighted by Crippen LogP contribution is 2.28. The highest BCUT2D eigenvalue weighted by Gasteiger charge is 2.24. The van der Waals surface area contributed by atoms with Crippen LogP contribution in [0.5, 0.6) is 0 Å². The van der Waals surface area contributed by atoms with Crippen molar-refractivity contribution in [3.63, 3.8) is 0 Å². The number of halogens is 5. The molecule has 0 aliphatic heterocycles. The lowest BCUT2D eigenvalue weighted by Gasteiger charge is -2.07. The lowest BCUT2D eigenvalue weighted by atomic mass is 10.2. The molecule has 0 atom stereocenters. The van der Waals surface area contributed by atoms with Crippen molar-refractivity contribution in [3.8, 4) is 0 Å². The minimum atomic E-state index is -1.81. The molecule has 0 heterocycles. The van der Waals surface area contributed by atoms with E-state index in [0.29, 0.717) is 5.54 Å². The van der Waals surface area contributed by atoms with Crippen LogP contribution in [0.2, 0.25) is 0 Å². The van der Waals surface area contributed by atoms with Crippen LogP contribution in [0.3, 0.4) is 0 Å². The molecule has 1 aromatic carbocycles. The Balaban J connectivity index is 3.55. The molecule has 14 heavy (non-hydrogen) atoms. The van der Waals surface area contributed by atoms with Crippen LogP contribution >= 0.6 is 12.6 Å². The van der Waals surface area contributed by atoms with Crippen LogP contribution in [-0.4, -0.2) is 0 Å². The summed E-state index contributed by atoms with van der Waals surface area (Å²) in [7, 11) is 0. The zero-order valence-corrected chi connectivity index (χ0v) is 7.44. The largest absolute Gasteiger partial charge is 0.218 e. The normalized spacial score (nSPS) is 10.4. The number of thiol groups is 1. The summed E-state index contributed by atoms with van der Waals surface area (Å²) in [5, 5.41) is 0. The molecule has 0 radical (unpaired) electrons. The second-order valence-electron chi connectivity index (χ2n) is 2.36. The fourth-order valence-electron chi connectivity index (χ4n) is 0.899. The summed E-state index contributed by atoms with van der Waals surface area (Å²) in [4.78, 5) is 0. The first-order valence-electron chi connectivity index (χ1n) is 3.36. The van der Waals surface area contributed by atoms with Crippen LogP contribution < -0.4 is 5.54 Å². The maximum Gasteiger partial charge on any atom is 0.188 e. The molecule has 1 N–H and O–H groups in total. The smallest absolute Gasteiger partial charge is 0.188 e. The quantitative estimate of drug-likeness (QED) is 0.344. The molecular formula is C7H4F5NS. The molecule has 0 fully saturated rings. The minimum absolute atomic E-state index is 0.530. The number of hydrogen-bond acceptors (Lipinski definition) is 2. The van der Waals surface area contributed by atoms with Gasteiger partial charge in [0.15, 0.2) is 23.3 Å². The molecule has 0 spiro atoms. The van der Waals surface area contributed by atoms with E-state index in [0.717, 1.165) is 0 Å². The molecule has 0 amide bonds. The molecule has 0 aromatic heterocycles. The van der Waals surface area contributed by atoms with Gasteiger partial charge in [-0.15, -0.1) is 4.48 Å². The van der Waals surface area contributed by atoms with Gasteiger partial charge in [0.05, 0.1) is 0 Å². The molecule has 0 bridgehead atoms. The topological polar surface area (TPSA) is 12.0 Å². The van der Waals surface area contributed by atoms with Crippen molar-refractivity contribution < 1.29 is 22.0 Å². The molecule has 7 heteroatoms. The highest BCUT2D eigenvalue weighted by molar-refractivity contribution is 7.79. The van der Waals surface area contributed by atoms with Crippen molar-refractivity contribution in [2.75, 3.05) is 5.54 Å². The second-order valence-corrected chi connectivity index (χ2v) is 2.68. The van der Waals surface area contributed by atoms with Gasteiger partial charge in [0.25, 0.3) is 0 Å². The molecule has 1 aromatic rings. The van der Waals surface area contributed by atoms with E-state index in [1.165, 1.54) is 0 Å². The number of rotatable bonds is 2. The predicted octanol–water partition coefficient (Wildman–Crippen LogP) is 2.97. The van der Waals surface area contributed by atoms with Gasteiger partial charge in [0.1, 0.15) is 5.69 Å². The number of anilines is 1. The Kier molecular flexibility index (Phi) is 3.20. The van der Waals surface area contributed by atoms with Gasteiger partial charge in [-0.2, -0.15) is 12.6 Å². The van der Waals surface area contributed by atoms with Crippen molar-refractivity contribution in [1.82, 2.24) is 0 Å². The lowest BCUT2D eigenvalue weighted by Crippen LogP contribution is -2.05. The van der Waals surface area contributed by atoms with Gasteiger partial charge < -0.3 is 0 Å². The third-order valence-electron chi connectivity index (χ3n) is 1.61. The summed E-state index contributed by atoms with van der Waals surface area (Å²) in [6, 6.07) is 0. The highest BCUT2D eigenvalue weighted by atomic mass is 32.1. The third kappa shape index (κ3) is 1.52. The van der Waals surface area contributed by atoms with E-state index in [2.05, 4.69) is 12.6 Å². The third-order valence-corrected chi connectivity index (χ3v) is 1.92. The fraction of sp³-hybridized carbons (Fsp3) is 0.143. The Morgan fingerprint density at radius 1 is 0.929 bits per heavy atom. The Morgan fingerprint density at radius 3 is 1.64 bits per heavy atom. The van der Waals surface area contributed by atoms with Crippen molar-refractivity contribution in [3.05, 3.63) is 28.8 Å². The van der Waals surface area contributed by atoms with Crippen LogP contribution in [0.25, 0.3) is 0 Å². The lowest BCUT2D eigenvalue weighted by molar-refractivity contribution is 0.439. The molecular weight excluding hydrogens is 225 g/mol. The molecule has 1 nitrogen and oxygen atoms in total. The Morgan fingerprint density at radius 2 is 1.36 bits per heavy atom. The van der Waals surface area contributed by atoms with E-state index in [1.807, 2.05) is 0 Å². The van der Waals surface area contributed by atoms with Gasteiger partial charge in [-0.25, -0.2) is 23.1 Å². The summed E-state index contributed by atoms with van der Waals surface area (Å²) in [6.07, 6.45) is 0. The van der Waals surface area contributed by atoms with Gasteiger partial charge in [-0.05, 0) is 0 Å². The van der Waals surface area contributed by atoms with E-state index < -0.39 is 40.3 Å². The Labute approximate surface area is 81.3 Å². The zero-order valence-electron chi connectivity index (χ0n) is 6.54. The predicted molar refractivity (Wildman–Crippen MR) is 43.7 cm³/mol. The Hall–Kier alpha value is -0.980. The zero-order chi connectivity index (χ0) is 10.9. The first kappa shape index (κ1) is 11.1. The van der Waals surface area contributed by atoms with E-state index in [1.54, 1.807) is 0 Å². The van der Waals surface area contributed by atoms with E-state index in [4.69, 9.17) is 0 Å². The van der Waals surface area contributed by atoms with Gasteiger partial charge >= 0.3 is 0 Å². The average Bonchev–Trinajstić information content (AvgIpc) is 2.17. The fourth-order valence-corrected chi connectivity index (χ4v) is 1.18. The van der Waals surface area contributed by atoms with Crippen LogP contribution in [0, 0.1) is 23.3 Å². The van der Waals surface area contributed by atoms with Crippen LogP contribution in [0.1, 0.15) is 5.56 Å². The van der Waals surface area contributed by atoms with Crippen LogP contribution in [0.15, 0.2) is 0 Å². The standard InChI is InChI=1S/C7H4F5NS/c8-3-2(1-14)4(9)6(11)7(13-12)5(3)10/h13-14H,1H2. The summed E-state index contributed by atoms with van der Waals surface area (Å²) in [5.41, 5.74) is -1.81. The monoisotopic (exact) mass is 229 g/mol. The first-order valence-corrected chi connectivity index (χ1v) is 4.00. The van der Waals surface area contributed by atoms with Crippen molar-refractivity contribution in [2.45, 2.75) is 5.75 Å². The van der Waals surface area contributed by atoms with Gasteiger partial charge in [-0.3, -0.25) is 0 Å². The van der Waals surface area contributed by atoms with E-state index in [-0.39, 0.29) is 0 Å². The van der Waals surface area contributed by atoms with Gasteiger partial charge in [0, 0.05) is 11.3 Å². The summed E-state index contributed by atoms with van der Waals surface area (Å²) in [6.45, 7) is 0. The number of nitrogens with one attached hydrogen (secondary N) is 1. The summed E-state index contributed by atoms with van der Waals surface area (Å²) >= 11 is 3.48. The van der Waals surface area contributed by atoms with Crippen LogP contribution in [-0.2, 0) is 5.75 Å².